The van der Waals surface area contributed by atoms with Gasteiger partial charge < -0.3 is 10.6 Å². The number of nitrogens with two attached hydrogens (primary N) is 1. The third-order valence-electron chi connectivity index (χ3n) is 3.30. The van der Waals surface area contributed by atoms with E-state index in [1.165, 1.54) is 0 Å². The van der Waals surface area contributed by atoms with Crippen molar-refractivity contribution in [2.45, 2.75) is 32.9 Å². The van der Waals surface area contributed by atoms with E-state index in [0.29, 0.717) is 5.92 Å². The van der Waals surface area contributed by atoms with E-state index in [-0.39, 0.29) is 16.7 Å². The predicted molar refractivity (Wildman–Crippen MR) is 76.9 cm³/mol. The molecule has 0 heterocycles. The van der Waals surface area contributed by atoms with Gasteiger partial charge in [0.2, 0.25) is 0 Å². The van der Waals surface area contributed by atoms with Crippen molar-refractivity contribution in [3.63, 3.8) is 0 Å². The van der Waals surface area contributed by atoms with Gasteiger partial charge in [-0.1, -0.05) is 26.0 Å². The van der Waals surface area contributed by atoms with Crippen molar-refractivity contribution in [2.24, 2.45) is 11.7 Å². The Morgan fingerprint density at radius 1 is 1.32 bits per heavy atom. The zero-order valence-electron chi connectivity index (χ0n) is 11.9. The molecule has 0 saturated carbocycles. The molecule has 19 heavy (non-hydrogen) atoms. The third-order valence-corrected chi connectivity index (χ3v) is 3.30. The maximum Gasteiger partial charge on any atom is 0.269 e. The first-order chi connectivity index (χ1) is 8.90. The van der Waals surface area contributed by atoms with E-state index in [9.17, 15) is 10.1 Å². The van der Waals surface area contributed by atoms with Crippen molar-refractivity contribution in [1.29, 1.82) is 0 Å². The van der Waals surface area contributed by atoms with Crippen LogP contribution in [0.4, 0.5) is 5.69 Å². The van der Waals surface area contributed by atoms with Crippen LogP contribution in [-0.2, 0) is 6.54 Å². The number of hydrogen-bond acceptors (Lipinski definition) is 4. The molecule has 0 aliphatic heterocycles. The molecule has 5 nitrogen and oxygen atoms in total. The van der Waals surface area contributed by atoms with Crippen LogP contribution in [0.3, 0.4) is 0 Å². The van der Waals surface area contributed by atoms with Gasteiger partial charge in [0.15, 0.2) is 0 Å². The lowest BCUT2D eigenvalue weighted by molar-refractivity contribution is -0.384. The zero-order valence-corrected chi connectivity index (χ0v) is 11.9. The first-order valence-electron chi connectivity index (χ1n) is 6.57. The maximum atomic E-state index is 10.6. The second kappa shape index (κ2) is 7.21. The van der Waals surface area contributed by atoms with Crippen LogP contribution in [0.15, 0.2) is 24.3 Å². The molecule has 0 spiro atoms. The van der Waals surface area contributed by atoms with Gasteiger partial charge in [0.05, 0.1) is 4.92 Å². The molecule has 2 N–H and O–H groups in total. The number of nitro benzene ring substituents is 1. The second-order valence-corrected chi connectivity index (χ2v) is 5.36. The van der Waals surface area contributed by atoms with Crippen molar-refractivity contribution in [1.82, 2.24) is 4.90 Å². The average molecular weight is 265 g/mol. The molecular formula is C14H23N3O2. The third kappa shape index (κ3) is 5.36. The lowest BCUT2D eigenvalue weighted by Gasteiger charge is -2.21. The highest BCUT2D eigenvalue weighted by atomic mass is 16.6. The van der Waals surface area contributed by atoms with Crippen molar-refractivity contribution in [3.8, 4) is 0 Å². The number of hydrogen-bond donors (Lipinski definition) is 1. The fourth-order valence-corrected chi connectivity index (χ4v) is 1.82. The second-order valence-electron chi connectivity index (χ2n) is 5.36. The van der Waals surface area contributed by atoms with Gasteiger partial charge in [-0.2, -0.15) is 0 Å². The first-order valence-corrected chi connectivity index (χ1v) is 6.57. The highest BCUT2D eigenvalue weighted by Gasteiger charge is 2.10. The van der Waals surface area contributed by atoms with Crippen molar-refractivity contribution >= 4 is 5.69 Å². The highest BCUT2D eigenvalue weighted by molar-refractivity contribution is 5.32. The summed E-state index contributed by atoms with van der Waals surface area (Å²) in [6.07, 6.45) is 0.959. The van der Waals surface area contributed by atoms with E-state index < -0.39 is 0 Å². The Morgan fingerprint density at radius 3 is 2.37 bits per heavy atom. The number of nitro groups is 1. The number of benzene rings is 1. The topological polar surface area (TPSA) is 72.4 Å². The van der Waals surface area contributed by atoms with Crippen LogP contribution in [0.2, 0.25) is 0 Å². The van der Waals surface area contributed by atoms with Gasteiger partial charge in [-0.3, -0.25) is 10.1 Å². The summed E-state index contributed by atoms with van der Waals surface area (Å²) in [5, 5.41) is 10.6. The monoisotopic (exact) mass is 265 g/mol. The Kier molecular flexibility index (Phi) is 5.92. The number of rotatable bonds is 7. The summed E-state index contributed by atoms with van der Waals surface area (Å²) in [5.41, 5.74) is 7.22. The molecule has 1 aromatic rings. The molecular weight excluding hydrogens is 242 g/mol. The van der Waals surface area contributed by atoms with Gasteiger partial charge in [-0.25, -0.2) is 0 Å². The minimum atomic E-state index is -0.380. The molecule has 0 saturated heterocycles. The molecule has 0 aromatic heterocycles. The largest absolute Gasteiger partial charge is 0.327 e. The molecule has 1 unspecified atom stereocenters. The zero-order chi connectivity index (χ0) is 14.4. The molecule has 1 atom stereocenters. The molecule has 1 rings (SSSR count). The van der Waals surface area contributed by atoms with Crippen molar-refractivity contribution < 1.29 is 4.92 Å². The standard InChI is InChI=1S/C14H23N3O2/c1-11(2)14(15)8-9-16(3)10-12-4-6-13(7-5-12)17(18)19/h4-7,11,14H,8-10,15H2,1-3H3. The maximum absolute atomic E-state index is 10.6. The molecule has 5 heteroatoms. The van der Waals surface area contributed by atoms with Crippen LogP contribution in [0.5, 0.6) is 0 Å². The minimum absolute atomic E-state index is 0.133. The molecule has 0 bridgehead atoms. The summed E-state index contributed by atoms with van der Waals surface area (Å²) in [5.74, 6) is 0.493. The van der Waals surface area contributed by atoms with E-state index in [0.717, 1.165) is 25.1 Å². The quantitative estimate of drug-likeness (QED) is 0.607. The van der Waals surface area contributed by atoms with Crippen LogP contribution in [-0.4, -0.2) is 29.5 Å². The molecule has 0 fully saturated rings. The Morgan fingerprint density at radius 2 is 1.89 bits per heavy atom. The summed E-state index contributed by atoms with van der Waals surface area (Å²) < 4.78 is 0. The Bertz CT molecular complexity index is 404. The Hall–Kier alpha value is -1.46. The van der Waals surface area contributed by atoms with E-state index in [1.807, 2.05) is 7.05 Å². The van der Waals surface area contributed by atoms with Crippen LogP contribution in [0, 0.1) is 16.0 Å². The van der Waals surface area contributed by atoms with Crippen LogP contribution in [0.25, 0.3) is 0 Å². The lowest BCUT2D eigenvalue weighted by Crippen LogP contribution is -2.31. The Balaban J connectivity index is 2.44. The van der Waals surface area contributed by atoms with Crippen molar-refractivity contribution in [3.05, 3.63) is 39.9 Å². The highest BCUT2D eigenvalue weighted by Crippen LogP contribution is 2.13. The molecule has 0 aliphatic rings. The van der Waals surface area contributed by atoms with E-state index in [1.54, 1.807) is 24.3 Å². The van der Waals surface area contributed by atoms with Crippen molar-refractivity contribution in [2.75, 3.05) is 13.6 Å². The van der Waals surface area contributed by atoms with Gasteiger partial charge in [0.1, 0.15) is 0 Å². The molecule has 0 aliphatic carbocycles. The fourth-order valence-electron chi connectivity index (χ4n) is 1.82. The molecule has 0 amide bonds. The smallest absolute Gasteiger partial charge is 0.269 e. The van der Waals surface area contributed by atoms with Crippen LogP contribution < -0.4 is 5.73 Å². The summed E-state index contributed by atoms with van der Waals surface area (Å²) in [6.45, 7) is 5.96. The number of nitrogens with zero attached hydrogens (tertiary/aromatic N) is 2. The summed E-state index contributed by atoms with van der Waals surface area (Å²) in [4.78, 5) is 12.4. The molecule has 1 aromatic carbocycles. The summed E-state index contributed by atoms with van der Waals surface area (Å²) in [6, 6.07) is 6.92. The first kappa shape index (κ1) is 15.6. The molecule has 0 radical (unpaired) electrons. The minimum Gasteiger partial charge on any atom is -0.327 e. The molecule has 106 valence electrons. The van der Waals surface area contributed by atoms with Crippen LogP contribution >= 0.6 is 0 Å². The van der Waals surface area contributed by atoms with Gasteiger partial charge in [0.25, 0.3) is 5.69 Å². The summed E-state index contributed by atoms with van der Waals surface area (Å²) in [7, 11) is 2.04. The normalized spacial score (nSPS) is 12.9. The van der Waals surface area contributed by atoms with Gasteiger partial charge in [0, 0.05) is 24.7 Å². The Labute approximate surface area is 114 Å². The van der Waals surface area contributed by atoms with Gasteiger partial charge >= 0.3 is 0 Å². The van der Waals surface area contributed by atoms with E-state index >= 15 is 0 Å². The lowest BCUT2D eigenvalue weighted by atomic mass is 10.0. The van der Waals surface area contributed by atoms with E-state index in [4.69, 9.17) is 5.73 Å². The summed E-state index contributed by atoms with van der Waals surface area (Å²) >= 11 is 0. The van der Waals surface area contributed by atoms with Gasteiger partial charge in [-0.15, -0.1) is 0 Å². The average Bonchev–Trinajstić information content (AvgIpc) is 2.36. The predicted octanol–water partition coefficient (Wildman–Crippen LogP) is 2.40. The van der Waals surface area contributed by atoms with E-state index in [2.05, 4.69) is 18.7 Å². The van der Waals surface area contributed by atoms with Gasteiger partial charge in [-0.05, 0) is 31.5 Å². The fraction of sp³-hybridized carbons (Fsp3) is 0.571. The SMILES string of the molecule is CC(C)C(N)CCN(C)Cc1ccc([N+](=O)[O-])cc1. The van der Waals surface area contributed by atoms with Crippen LogP contribution in [0.1, 0.15) is 25.8 Å². The number of non-ortho nitro benzene ring substituents is 1.